The molecule has 0 radical (unpaired) electrons. The van der Waals surface area contributed by atoms with Crippen molar-refractivity contribution >= 4 is 12.0 Å². The summed E-state index contributed by atoms with van der Waals surface area (Å²) in [5.74, 6) is 0.222. The Labute approximate surface area is 95.4 Å². The summed E-state index contributed by atoms with van der Waals surface area (Å²) in [6.45, 7) is 4.71. The summed E-state index contributed by atoms with van der Waals surface area (Å²) in [6, 6.07) is 1.66. The van der Waals surface area contributed by atoms with Crippen molar-refractivity contribution in [3.8, 4) is 11.6 Å². The molecule has 5 nitrogen and oxygen atoms in total. The zero-order valence-electron chi connectivity index (χ0n) is 10.1. The number of aryl methyl sites for hydroxylation is 1. The average Bonchev–Trinajstić information content (AvgIpc) is 2.27. The molecule has 0 spiro atoms. The quantitative estimate of drug-likeness (QED) is 0.623. The maximum absolute atomic E-state index is 9.44. The van der Waals surface area contributed by atoms with Crippen LogP contribution < -0.4 is 4.74 Å². The van der Waals surface area contributed by atoms with Gasteiger partial charge in [0.05, 0.1) is 24.8 Å². The Bertz CT molecular complexity index is 391. The summed E-state index contributed by atoms with van der Waals surface area (Å²) < 4.78 is 4.97. The van der Waals surface area contributed by atoms with Crippen LogP contribution in [0.25, 0.3) is 0 Å². The lowest BCUT2D eigenvalue weighted by molar-refractivity contribution is 0.362. The molecule has 1 heterocycles. The lowest BCUT2D eigenvalue weighted by Crippen LogP contribution is -2.14. The number of aliphatic imine (C=N–C) groups is 1. The van der Waals surface area contributed by atoms with Gasteiger partial charge in [-0.2, -0.15) is 0 Å². The van der Waals surface area contributed by atoms with E-state index in [1.54, 1.807) is 19.3 Å². The van der Waals surface area contributed by atoms with Crippen molar-refractivity contribution in [3.63, 3.8) is 0 Å². The molecular weight excluding hydrogens is 206 g/mol. The number of pyridine rings is 1. The number of ether oxygens (including phenoxy) is 1. The van der Waals surface area contributed by atoms with Crippen molar-refractivity contribution in [3.05, 3.63) is 11.8 Å². The Morgan fingerprint density at radius 3 is 2.88 bits per heavy atom. The molecule has 0 fully saturated rings. The van der Waals surface area contributed by atoms with Gasteiger partial charge >= 0.3 is 0 Å². The molecule has 1 aromatic heterocycles. The van der Waals surface area contributed by atoms with Gasteiger partial charge in [0.25, 0.3) is 5.88 Å². The predicted molar refractivity (Wildman–Crippen MR) is 63.6 cm³/mol. The van der Waals surface area contributed by atoms with Gasteiger partial charge in [0.15, 0.2) is 5.75 Å². The fourth-order valence-electron chi connectivity index (χ4n) is 1.09. The molecule has 5 heteroatoms. The Morgan fingerprint density at radius 2 is 2.31 bits per heavy atom. The molecule has 1 aromatic rings. The van der Waals surface area contributed by atoms with E-state index in [0.717, 1.165) is 6.54 Å². The van der Waals surface area contributed by atoms with E-state index in [1.165, 1.54) is 7.11 Å². The van der Waals surface area contributed by atoms with Crippen molar-refractivity contribution in [2.24, 2.45) is 4.99 Å². The number of nitrogens with zero attached hydrogens (tertiary/aromatic N) is 3. The van der Waals surface area contributed by atoms with Crippen LogP contribution in [0.2, 0.25) is 0 Å². The summed E-state index contributed by atoms with van der Waals surface area (Å²) in [7, 11) is 3.42. The fourth-order valence-corrected chi connectivity index (χ4v) is 1.09. The van der Waals surface area contributed by atoms with Crippen LogP contribution in [-0.4, -0.2) is 42.0 Å². The Hall–Kier alpha value is -1.78. The molecule has 0 aliphatic rings. The van der Waals surface area contributed by atoms with E-state index in [1.807, 2.05) is 18.9 Å². The molecule has 0 unspecified atom stereocenters. The number of aromatic nitrogens is 1. The third-order valence-electron chi connectivity index (χ3n) is 2.25. The van der Waals surface area contributed by atoms with E-state index in [0.29, 0.717) is 17.1 Å². The lowest BCUT2D eigenvalue weighted by Gasteiger charge is -2.09. The van der Waals surface area contributed by atoms with Gasteiger partial charge in [-0.1, -0.05) is 0 Å². The van der Waals surface area contributed by atoms with E-state index < -0.39 is 0 Å². The predicted octanol–water partition coefficient (Wildman–Crippen LogP) is 1.72. The van der Waals surface area contributed by atoms with E-state index in [4.69, 9.17) is 4.74 Å². The molecule has 0 aliphatic carbocycles. The second kappa shape index (κ2) is 5.34. The van der Waals surface area contributed by atoms with Crippen LogP contribution in [0.15, 0.2) is 11.1 Å². The first-order chi connectivity index (χ1) is 7.58. The van der Waals surface area contributed by atoms with Gasteiger partial charge in [0, 0.05) is 19.7 Å². The second-order valence-electron chi connectivity index (χ2n) is 3.44. The standard InChI is InChI=1S/C11H17N3O2/c1-5-14(3)7-12-9-6-10(16-4)11(15)13-8(9)2/h6-7H,5H2,1-4H3,(H,13,15)/b12-7+. The van der Waals surface area contributed by atoms with Gasteiger partial charge < -0.3 is 14.7 Å². The topological polar surface area (TPSA) is 58.0 Å². The third-order valence-corrected chi connectivity index (χ3v) is 2.25. The summed E-state index contributed by atoms with van der Waals surface area (Å²) in [4.78, 5) is 10.2. The minimum Gasteiger partial charge on any atom is -0.491 e. The highest BCUT2D eigenvalue weighted by atomic mass is 16.5. The number of rotatable bonds is 4. The lowest BCUT2D eigenvalue weighted by atomic mass is 10.3. The minimum atomic E-state index is -0.109. The molecule has 0 atom stereocenters. The third kappa shape index (κ3) is 2.85. The highest BCUT2D eigenvalue weighted by Crippen LogP contribution is 2.30. The van der Waals surface area contributed by atoms with E-state index >= 15 is 0 Å². The fraction of sp³-hybridized carbons (Fsp3) is 0.455. The molecule has 0 aromatic carbocycles. The van der Waals surface area contributed by atoms with Crippen LogP contribution in [0.5, 0.6) is 11.6 Å². The SMILES string of the molecule is CCN(C)/C=N/c1cc(OC)c(O)nc1C. The largest absolute Gasteiger partial charge is 0.491 e. The highest BCUT2D eigenvalue weighted by molar-refractivity contribution is 5.63. The van der Waals surface area contributed by atoms with Gasteiger partial charge in [0.1, 0.15) is 0 Å². The Morgan fingerprint density at radius 1 is 1.62 bits per heavy atom. The first-order valence-electron chi connectivity index (χ1n) is 5.07. The van der Waals surface area contributed by atoms with Crippen LogP contribution in [0.3, 0.4) is 0 Å². The molecular formula is C11H17N3O2. The Balaban J connectivity index is 3.00. The van der Waals surface area contributed by atoms with Crippen molar-refractivity contribution in [2.45, 2.75) is 13.8 Å². The Kier molecular flexibility index (Phi) is 4.10. The molecule has 0 bridgehead atoms. The van der Waals surface area contributed by atoms with E-state index in [-0.39, 0.29) is 5.88 Å². The zero-order valence-corrected chi connectivity index (χ0v) is 10.1. The molecule has 1 rings (SSSR count). The van der Waals surface area contributed by atoms with Crippen molar-refractivity contribution in [1.82, 2.24) is 9.88 Å². The normalized spacial score (nSPS) is 10.8. The van der Waals surface area contributed by atoms with E-state index in [2.05, 4.69) is 9.98 Å². The monoisotopic (exact) mass is 223 g/mol. The van der Waals surface area contributed by atoms with Crippen LogP contribution >= 0.6 is 0 Å². The molecule has 16 heavy (non-hydrogen) atoms. The summed E-state index contributed by atoms with van der Waals surface area (Å²) >= 11 is 0. The molecule has 0 amide bonds. The number of aromatic hydroxyl groups is 1. The molecule has 0 aliphatic heterocycles. The van der Waals surface area contributed by atoms with Gasteiger partial charge in [-0.15, -0.1) is 0 Å². The first-order valence-corrected chi connectivity index (χ1v) is 5.07. The van der Waals surface area contributed by atoms with Crippen molar-refractivity contribution in [1.29, 1.82) is 0 Å². The first kappa shape index (κ1) is 12.3. The second-order valence-corrected chi connectivity index (χ2v) is 3.44. The molecule has 0 saturated heterocycles. The number of hydrogen-bond acceptors (Lipinski definition) is 4. The molecule has 88 valence electrons. The number of hydrogen-bond donors (Lipinski definition) is 1. The van der Waals surface area contributed by atoms with Crippen molar-refractivity contribution in [2.75, 3.05) is 20.7 Å². The maximum Gasteiger partial charge on any atom is 0.254 e. The minimum absolute atomic E-state index is 0.109. The van der Waals surface area contributed by atoms with Gasteiger partial charge in [-0.3, -0.25) is 0 Å². The van der Waals surface area contributed by atoms with Crippen LogP contribution in [0.4, 0.5) is 5.69 Å². The summed E-state index contributed by atoms with van der Waals surface area (Å²) in [5.41, 5.74) is 1.36. The van der Waals surface area contributed by atoms with Crippen LogP contribution in [0, 0.1) is 6.92 Å². The highest BCUT2D eigenvalue weighted by Gasteiger charge is 2.07. The maximum atomic E-state index is 9.44. The number of methoxy groups -OCH3 is 1. The summed E-state index contributed by atoms with van der Waals surface area (Å²) in [6.07, 6.45) is 1.72. The molecule has 1 N–H and O–H groups in total. The van der Waals surface area contributed by atoms with Gasteiger partial charge in [-0.25, -0.2) is 9.98 Å². The van der Waals surface area contributed by atoms with Gasteiger partial charge in [-0.05, 0) is 13.8 Å². The van der Waals surface area contributed by atoms with E-state index in [9.17, 15) is 5.11 Å². The average molecular weight is 223 g/mol. The summed E-state index contributed by atoms with van der Waals surface area (Å²) in [5, 5.41) is 9.44. The smallest absolute Gasteiger partial charge is 0.254 e. The van der Waals surface area contributed by atoms with Crippen molar-refractivity contribution < 1.29 is 9.84 Å². The van der Waals surface area contributed by atoms with Crippen LogP contribution in [-0.2, 0) is 0 Å². The van der Waals surface area contributed by atoms with Crippen LogP contribution in [0.1, 0.15) is 12.6 Å². The molecule has 0 saturated carbocycles. The zero-order chi connectivity index (χ0) is 12.1. The van der Waals surface area contributed by atoms with Gasteiger partial charge in [0.2, 0.25) is 0 Å².